The molecule has 15 heteroatoms. The molecule has 1 N–H and O–H groups in total. The normalized spacial score (nSPS) is 14.6. The minimum atomic E-state index is -4.49. The first-order valence-electron chi connectivity index (χ1n) is 16.2. The van der Waals surface area contributed by atoms with Crippen LogP contribution in [0.15, 0.2) is 87.5 Å². The van der Waals surface area contributed by atoms with E-state index in [1.807, 2.05) is 30.5 Å². The lowest BCUT2D eigenvalue weighted by Crippen LogP contribution is -2.49. The van der Waals surface area contributed by atoms with Crippen LogP contribution in [0.3, 0.4) is 0 Å². The summed E-state index contributed by atoms with van der Waals surface area (Å²) < 4.78 is 77.5. The predicted octanol–water partition coefficient (Wildman–Crippen LogP) is 8.48. The fourth-order valence-corrected chi connectivity index (χ4v) is 10.3. The van der Waals surface area contributed by atoms with E-state index in [0.29, 0.717) is 70.4 Å². The van der Waals surface area contributed by atoms with Crippen molar-refractivity contribution in [2.45, 2.75) is 37.6 Å². The van der Waals surface area contributed by atoms with Crippen molar-refractivity contribution >= 4 is 76.0 Å². The summed E-state index contributed by atoms with van der Waals surface area (Å²) in [6.45, 7) is 5.63. The topological polar surface area (TPSA) is 90.4 Å². The number of aliphatic hydroxyl groups excluding tert-OH is 1. The van der Waals surface area contributed by atoms with Gasteiger partial charge in [-0.15, -0.1) is 22.7 Å². The van der Waals surface area contributed by atoms with Crippen LogP contribution in [0.2, 0.25) is 0 Å². The lowest BCUT2D eigenvalue weighted by molar-refractivity contribution is -0.137. The van der Waals surface area contributed by atoms with Crippen molar-refractivity contribution in [3.05, 3.63) is 109 Å². The van der Waals surface area contributed by atoms with Crippen molar-refractivity contribution in [2.75, 3.05) is 48.5 Å². The minimum absolute atomic E-state index is 0.0347. The molecule has 1 saturated heterocycles. The van der Waals surface area contributed by atoms with Crippen LogP contribution in [0.5, 0.6) is 0 Å². The molecule has 1 unspecified atom stereocenters. The maximum atomic E-state index is 14.7. The smallest absolute Gasteiger partial charge is 0.366 e. The summed E-state index contributed by atoms with van der Waals surface area (Å²) in [5, 5.41) is 13.1. The summed E-state index contributed by atoms with van der Waals surface area (Å²) in [5.41, 5.74) is 1.56. The molecule has 0 saturated carbocycles. The van der Waals surface area contributed by atoms with Crippen molar-refractivity contribution in [3.63, 3.8) is 0 Å². The number of nitrogens with zero attached hydrogens (tertiary/aromatic N) is 3. The van der Waals surface area contributed by atoms with Crippen LogP contribution in [0, 0.1) is 6.92 Å². The molecule has 5 aromatic rings. The summed E-state index contributed by atoms with van der Waals surface area (Å²) >= 11 is 6.14. The molecule has 3 aromatic carbocycles. The largest absolute Gasteiger partial charge is 0.416 e. The standard InChI is InChI=1S/C36H35BrF3N3O5S3/c1-3-48-35(45)32-23(2)27-22-26(12-13-31(27)50-32)51(46,47)43(16-14-24-8-10-25(11-9-24)36(38,39)40)30-7-5-4-6-29(30)41-17-19-42(20-18-41)34(44)33-28(37)15-21-49-33/h4-13,15,21-22,35,45H,3,14,16-20H2,1-2H3. The number of sulfonamides is 1. The quantitative estimate of drug-likeness (QED) is 0.135. The average molecular weight is 823 g/mol. The second-order valence-electron chi connectivity index (χ2n) is 11.9. The molecule has 270 valence electrons. The summed E-state index contributed by atoms with van der Waals surface area (Å²) in [6.07, 6.45) is -5.48. The number of hydrogen-bond acceptors (Lipinski definition) is 8. The van der Waals surface area contributed by atoms with Crippen LogP contribution in [0.25, 0.3) is 10.1 Å². The summed E-state index contributed by atoms with van der Waals surface area (Å²) in [7, 11) is -4.24. The van der Waals surface area contributed by atoms with E-state index >= 15 is 0 Å². The second-order valence-corrected chi connectivity index (χ2v) is 16.7. The number of ether oxygens (including phenoxy) is 1. The van der Waals surface area contributed by atoms with Crippen LogP contribution in [0.1, 0.15) is 44.5 Å². The number of fused-ring (bicyclic) bond motifs is 1. The Labute approximate surface area is 310 Å². The number of aliphatic hydroxyl groups is 1. The number of benzene rings is 3. The van der Waals surface area contributed by atoms with Crippen LogP contribution in [-0.4, -0.2) is 63.7 Å². The highest BCUT2D eigenvalue weighted by Crippen LogP contribution is 2.39. The van der Waals surface area contributed by atoms with Gasteiger partial charge in [0.1, 0.15) is 4.88 Å². The van der Waals surface area contributed by atoms with Gasteiger partial charge in [0.15, 0.2) is 6.29 Å². The van der Waals surface area contributed by atoms with Crippen molar-refractivity contribution in [3.8, 4) is 0 Å². The molecular formula is C36H35BrF3N3O5S3. The number of carbonyl (C=O) groups excluding carboxylic acids is 1. The number of piperazine rings is 1. The predicted molar refractivity (Wildman–Crippen MR) is 199 cm³/mol. The van der Waals surface area contributed by atoms with Gasteiger partial charge < -0.3 is 19.6 Å². The molecular weight excluding hydrogens is 788 g/mol. The average Bonchev–Trinajstić information content (AvgIpc) is 3.70. The molecule has 1 aliphatic heterocycles. The molecule has 1 amide bonds. The molecule has 2 aromatic heterocycles. The first kappa shape index (κ1) is 37.3. The Kier molecular flexibility index (Phi) is 11.2. The second kappa shape index (κ2) is 15.2. The number of amides is 1. The first-order valence-corrected chi connectivity index (χ1v) is 20.1. The van der Waals surface area contributed by atoms with E-state index in [2.05, 4.69) is 20.8 Å². The van der Waals surface area contributed by atoms with Gasteiger partial charge in [0.2, 0.25) is 0 Å². The Balaban J connectivity index is 1.34. The Morgan fingerprint density at radius 1 is 1.04 bits per heavy atom. The van der Waals surface area contributed by atoms with Gasteiger partial charge in [-0.1, -0.05) is 24.3 Å². The third-order valence-electron chi connectivity index (χ3n) is 8.84. The summed E-state index contributed by atoms with van der Waals surface area (Å²) in [4.78, 5) is 18.3. The third kappa shape index (κ3) is 7.83. The number of aryl methyl sites for hydroxylation is 1. The van der Waals surface area contributed by atoms with Gasteiger partial charge in [0, 0.05) is 48.5 Å². The van der Waals surface area contributed by atoms with E-state index < -0.39 is 28.1 Å². The SMILES string of the molecule is CCOC(O)c1sc2ccc(S(=O)(=O)N(CCc3ccc(C(F)(F)F)cc3)c3ccccc3N3CCN(C(=O)c4sccc4Br)CC3)cc2c1C. The summed E-state index contributed by atoms with van der Waals surface area (Å²) in [5.74, 6) is -0.0680. The van der Waals surface area contributed by atoms with Crippen LogP contribution in [0.4, 0.5) is 24.5 Å². The Morgan fingerprint density at radius 3 is 2.39 bits per heavy atom. The van der Waals surface area contributed by atoms with E-state index in [9.17, 15) is 31.5 Å². The number of halogens is 4. The molecule has 6 rings (SSSR count). The third-order valence-corrected chi connectivity index (χ3v) is 13.8. The minimum Gasteiger partial charge on any atom is -0.366 e. The van der Waals surface area contributed by atoms with Crippen molar-refractivity contribution in [2.24, 2.45) is 0 Å². The van der Waals surface area contributed by atoms with E-state index in [1.54, 1.807) is 36.1 Å². The van der Waals surface area contributed by atoms with E-state index in [1.165, 1.54) is 45.2 Å². The number of rotatable bonds is 11. The molecule has 1 atom stereocenters. The van der Waals surface area contributed by atoms with Gasteiger partial charge in [-0.25, -0.2) is 8.42 Å². The lowest BCUT2D eigenvalue weighted by Gasteiger charge is -2.38. The molecule has 0 spiro atoms. The van der Waals surface area contributed by atoms with Gasteiger partial charge in [0.05, 0.1) is 26.7 Å². The number of para-hydroxylation sites is 2. The van der Waals surface area contributed by atoms with Crippen LogP contribution in [-0.2, 0) is 27.4 Å². The van der Waals surface area contributed by atoms with Gasteiger partial charge in [-0.2, -0.15) is 13.2 Å². The van der Waals surface area contributed by atoms with E-state index in [4.69, 9.17) is 4.74 Å². The molecule has 51 heavy (non-hydrogen) atoms. The van der Waals surface area contributed by atoms with Crippen LogP contribution < -0.4 is 9.21 Å². The highest BCUT2D eigenvalue weighted by atomic mass is 79.9. The summed E-state index contributed by atoms with van der Waals surface area (Å²) in [6, 6.07) is 18.6. The Morgan fingerprint density at radius 2 is 1.75 bits per heavy atom. The van der Waals surface area contributed by atoms with Crippen LogP contribution >= 0.6 is 38.6 Å². The number of hydrogen-bond donors (Lipinski definition) is 1. The first-order chi connectivity index (χ1) is 24.3. The number of thiophene rings is 2. The van der Waals surface area contributed by atoms with Crippen molar-refractivity contribution < 1.29 is 36.2 Å². The highest BCUT2D eigenvalue weighted by molar-refractivity contribution is 9.10. The molecule has 0 bridgehead atoms. The zero-order valence-corrected chi connectivity index (χ0v) is 31.7. The molecule has 0 radical (unpaired) electrons. The zero-order chi connectivity index (χ0) is 36.5. The number of carbonyl (C=O) groups is 1. The highest BCUT2D eigenvalue weighted by Gasteiger charge is 2.32. The van der Waals surface area contributed by atoms with Gasteiger partial charge in [-0.3, -0.25) is 9.10 Å². The molecule has 8 nitrogen and oxygen atoms in total. The monoisotopic (exact) mass is 821 g/mol. The number of anilines is 2. The van der Waals surface area contributed by atoms with E-state index in [-0.39, 0.29) is 23.8 Å². The Bertz CT molecular complexity index is 2130. The molecule has 1 fully saturated rings. The lowest BCUT2D eigenvalue weighted by atomic mass is 10.1. The van der Waals surface area contributed by atoms with Gasteiger partial charge in [0.25, 0.3) is 15.9 Å². The molecule has 1 aliphatic rings. The Hall–Kier alpha value is -3.47. The van der Waals surface area contributed by atoms with E-state index in [0.717, 1.165) is 21.3 Å². The van der Waals surface area contributed by atoms with Crippen molar-refractivity contribution in [1.29, 1.82) is 0 Å². The molecule has 0 aliphatic carbocycles. The zero-order valence-electron chi connectivity index (χ0n) is 27.7. The maximum Gasteiger partial charge on any atom is 0.416 e. The fraction of sp³-hybridized carbons (Fsp3) is 0.306. The van der Waals surface area contributed by atoms with Crippen molar-refractivity contribution in [1.82, 2.24) is 4.90 Å². The fourth-order valence-electron chi connectivity index (χ4n) is 6.12. The number of alkyl halides is 3. The maximum absolute atomic E-state index is 14.7. The molecule has 3 heterocycles. The van der Waals surface area contributed by atoms with Gasteiger partial charge in [-0.05, 0) is 107 Å². The van der Waals surface area contributed by atoms with Gasteiger partial charge >= 0.3 is 6.18 Å².